The lowest BCUT2D eigenvalue weighted by molar-refractivity contribution is -0.00753. The standard InChI is InChI=1S/C18H23FO2/c1-13-5-8-18(10-14(13)2)21-12-16-6-7-17(19)11-15(16)4-3-9-20/h6-7,11,13-14,18,20H,5,8-10,12H2,1-2H3. The fourth-order valence-corrected chi connectivity index (χ4v) is 2.78. The molecule has 3 heteroatoms. The van der Waals surface area contributed by atoms with Crippen LogP contribution in [0.1, 0.15) is 44.2 Å². The Hall–Kier alpha value is -1.37. The zero-order valence-corrected chi connectivity index (χ0v) is 12.7. The molecule has 114 valence electrons. The molecule has 0 heterocycles. The van der Waals surface area contributed by atoms with Crippen LogP contribution in [0.3, 0.4) is 0 Å². The quantitative estimate of drug-likeness (QED) is 0.863. The first-order valence-electron chi connectivity index (χ1n) is 7.60. The highest BCUT2D eigenvalue weighted by atomic mass is 19.1. The molecule has 0 aromatic heterocycles. The van der Waals surface area contributed by atoms with E-state index in [1.54, 1.807) is 6.07 Å². The number of benzene rings is 1. The van der Waals surface area contributed by atoms with Gasteiger partial charge in [0.15, 0.2) is 0 Å². The Kier molecular flexibility index (Phi) is 5.78. The monoisotopic (exact) mass is 290 g/mol. The zero-order chi connectivity index (χ0) is 15.2. The van der Waals surface area contributed by atoms with Crippen molar-refractivity contribution in [3.63, 3.8) is 0 Å². The van der Waals surface area contributed by atoms with Crippen LogP contribution in [0.15, 0.2) is 18.2 Å². The van der Waals surface area contributed by atoms with Crippen LogP contribution in [0.2, 0.25) is 0 Å². The number of ether oxygens (including phenoxy) is 1. The number of hydrogen-bond donors (Lipinski definition) is 1. The van der Waals surface area contributed by atoms with Crippen LogP contribution in [0.5, 0.6) is 0 Å². The maximum absolute atomic E-state index is 13.3. The van der Waals surface area contributed by atoms with Crippen molar-refractivity contribution in [3.05, 3.63) is 35.1 Å². The van der Waals surface area contributed by atoms with Crippen molar-refractivity contribution < 1.29 is 14.2 Å². The zero-order valence-electron chi connectivity index (χ0n) is 12.7. The Balaban J connectivity index is 1.99. The molecular formula is C18H23FO2. The van der Waals surface area contributed by atoms with Gasteiger partial charge in [-0.2, -0.15) is 0 Å². The summed E-state index contributed by atoms with van der Waals surface area (Å²) in [6.45, 7) is 4.79. The molecule has 3 unspecified atom stereocenters. The molecule has 2 nitrogen and oxygen atoms in total. The lowest BCUT2D eigenvalue weighted by Gasteiger charge is -2.32. The normalized spacial score (nSPS) is 25.2. The van der Waals surface area contributed by atoms with Gasteiger partial charge in [0.25, 0.3) is 0 Å². The molecule has 0 saturated heterocycles. The molecule has 3 atom stereocenters. The first-order chi connectivity index (χ1) is 10.1. The number of aliphatic hydroxyl groups excluding tert-OH is 1. The summed E-state index contributed by atoms with van der Waals surface area (Å²) in [5.41, 5.74) is 1.48. The van der Waals surface area contributed by atoms with Crippen molar-refractivity contribution >= 4 is 0 Å². The summed E-state index contributed by atoms with van der Waals surface area (Å²) >= 11 is 0. The van der Waals surface area contributed by atoms with Gasteiger partial charge in [-0.1, -0.05) is 31.8 Å². The lowest BCUT2D eigenvalue weighted by atomic mass is 9.80. The molecule has 1 fully saturated rings. The van der Waals surface area contributed by atoms with Gasteiger partial charge < -0.3 is 9.84 Å². The summed E-state index contributed by atoms with van der Waals surface area (Å²) in [6.07, 6.45) is 3.65. The van der Waals surface area contributed by atoms with Gasteiger partial charge in [-0.15, -0.1) is 0 Å². The van der Waals surface area contributed by atoms with Crippen LogP contribution in [0.25, 0.3) is 0 Å². The fraction of sp³-hybridized carbons (Fsp3) is 0.556. The average molecular weight is 290 g/mol. The molecule has 1 aromatic carbocycles. The van der Waals surface area contributed by atoms with E-state index in [-0.39, 0.29) is 18.5 Å². The van der Waals surface area contributed by atoms with E-state index in [0.717, 1.165) is 24.3 Å². The van der Waals surface area contributed by atoms with Gasteiger partial charge in [-0.05, 0) is 48.8 Å². The summed E-state index contributed by atoms with van der Waals surface area (Å²) < 4.78 is 19.3. The summed E-state index contributed by atoms with van der Waals surface area (Å²) in [4.78, 5) is 0. The van der Waals surface area contributed by atoms with E-state index >= 15 is 0 Å². The molecule has 1 saturated carbocycles. The van der Waals surface area contributed by atoms with Crippen molar-refractivity contribution in [1.82, 2.24) is 0 Å². The highest BCUT2D eigenvalue weighted by molar-refractivity contribution is 5.41. The van der Waals surface area contributed by atoms with Crippen molar-refractivity contribution in [1.29, 1.82) is 0 Å². The summed E-state index contributed by atoms with van der Waals surface area (Å²) in [6, 6.07) is 4.53. The predicted octanol–water partition coefficient (Wildman–Crippen LogP) is 3.51. The minimum absolute atomic E-state index is 0.227. The summed E-state index contributed by atoms with van der Waals surface area (Å²) in [7, 11) is 0. The highest BCUT2D eigenvalue weighted by Crippen LogP contribution is 2.31. The van der Waals surface area contributed by atoms with Crippen LogP contribution in [0.4, 0.5) is 4.39 Å². The van der Waals surface area contributed by atoms with E-state index in [9.17, 15) is 4.39 Å². The maximum Gasteiger partial charge on any atom is 0.124 e. The number of aliphatic hydroxyl groups is 1. The molecule has 0 aliphatic heterocycles. The van der Waals surface area contributed by atoms with Gasteiger partial charge in [0, 0.05) is 5.56 Å². The molecular weight excluding hydrogens is 267 g/mol. The Morgan fingerprint density at radius 3 is 2.81 bits per heavy atom. The second-order valence-electron chi connectivity index (χ2n) is 5.96. The van der Waals surface area contributed by atoms with Crippen LogP contribution in [-0.2, 0) is 11.3 Å². The van der Waals surface area contributed by atoms with Gasteiger partial charge in [0.1, 0.15) is 12.4 Å². The smallest absolute Gasteiger partial charge is 0.124 e. The second kappa shape index (κ2) is 7.59. The van der Waals surface area contributed by atoms with Gasteiger partial charge in [-0.3, -0.25) is 0 Å². The van der Waals surface area contributed by atoms with E-state index < -0.39 is 0 Å². The molecule has 0 amide bonds. The second-order valence-corrected chi connectivity index (χ2v) is 5.96. The molecule has 1 N–H and O–H groups in total. The molecule has 0 spiro atoms. The number of hydrogen-bond acceptors (Lipinski definition) is 2. The van der Waals surface area contributed by atoms with Crippen LogP contribution < -0.4 is 0 Å². The molecule has 0 bridgehead atoms. The summed E-state index contributed by atoms with van der Waals surface area (Å²) in [5.74, 6) is 6.49. The maximum atomic E-state index is 13.3. The topological polar surface area (TPSA) is 29.5 Å². The van der Waals surface area contributed by atoms with E-state index in [4.69, 9.17) is 9.84 Å². The van der Waals surface area contributed by atoms with Crippen molar-refractivity contribution in [2.75, 3.05) is 6.61 Å². The van der Waals surface area contributed by atoms with E-state index in [0.29, 0.717) is 18.1 Å². The third-order valence-corrected chi connectivity index (χ3v) is 4.40. The highest BCUT2D eigenvalue weighted by Gasteiger charge is 2.25. The minimum atomic E-state index is -0.318. The first kappa shape index (κ1) is 16.0. The largest absolute Gasteiger partial charge is 0.384 e. The average Bonchev–Trinajstić information content (AvgIpc) is 2.47. The third kappa shape index (κ3) is 4.56. The number of rotatable bonds is 3. The van der Waals surface area contributed by atoms with Gasteiger partial charge in [-0.25, -0.2) is 4.39 Å². The number of halogens is 1. The Labute approximate surface area is 126 Å². The van der Waals surface area contributed by atoms with Crippen LogP contribution in [0, 0.1) is 29.5 Å². The Morgan fingerprint density at radius 2 is 2.10 bits per heavy atom. The van der Waals surface area contributed by atoms with E-state index in [1.165, 1.54) is 18.6 Å². The summed E-state index contributed by atoms with van der Waals surface area (Å²) in [5, 5.41) is 8.78. The fourth-order valence-electron chi connectivity index (χ4n) is 2.78. The SMILES string of the molecule is CC1CCC(OCc2ccc(F)cc2C#CCO)CC1C. The molecule has 1 aromatic rings. The van der Waals surface area contributed by atoms with Gasteiger partial charge >= 0.3 is 0 Å². The Morgan fingerprint density at radius 1 is 1.29 bits per heavy atom. The molecule has 2 rings (SSSR count). The van der Waals surface area contributed by atoms with Crippen molar-refractivity contribution in [2.24, 2.45) is 11.8 Å². The molecule has 21 heavy (non-hydrogen) atoms. The van der Waals surface area contributed by atoms with E-state index in [1.807, 2.05) is 0 Å². The molecule has 1 aliphatic rings. The third-order valence-electron chi connectivity index (χ3n) is 4.40. The minimum Gasteiger partial charge on any atom is -0.384 e. The molecule has 0 radical (unpaired) electrons. The predicted molar refractivity (Wildman–Crippen MR) is 81.1 cm³/mol. The van der Waals surface area contributed by atoms with Crippen molar-refractivity contribution in [3.8, 4) is 11.8 Å². The molecule has 1 aliphatic carbocycles. The Bertz CT molecular complexity index is 530. The van der Waals surface area contributed by atoms with E-state index in [2.05, 4.69) is 25.7 Å². The van der Waals surface area contributed by atoms with Crippen molar-refractivity contribution in [2.45, 2.75) is 45.8 Å². The van der Waals surface area contributed by atoms with Gasteiger partial charge in [0.05, 0.1) is 12.7 Å². The van der Waals surface area contributed by atoms with Crippen LogP contribution in [-0.4, -0.2) is 17.8 Å². The first-order valence-corrected chi connectivity index (χ1v) is 7.60. The van der Waals surface area contributed by atoms with Crippen LogP contribution >= 0.6 is 0 Å². The lowest BCUT2D eigenvalue weighted by Crippen LogP contribution is -2.26. The van der Waals surface area contributed by atoms with Gasteiger partial charge in [0.2, 0.25) is 0 Å².